The van der Waals surface area contributed by atoms with Gasteiger partial charge in [-0.2, -0.15) is 10.1 Å². The van der Waals surface area contributed by atoms with Gasteiger partial charge in [-0.3, -0.25) is 9.59 Å². The summed E-state index contributed by atoms with van der Waals surface area (Å²) in [7, 11) is 0. The number of amides is 2. The zero-order valence-electron chi connectivity index (χ0n) is 19.4. The van der Waals surface area contributed by atoms with E-state index in [1.807, 2.05) is 24.3 Å². The molecule has 4 aliphatic rings. The largest absolute Gasteiger partial charge is 0.478 e. The molecule has 8 rings (SSSR count). The van der Waals surface area contributed by atoms with Crippen LogP contribution in [0.25, 0.3) is 11.3 Å². The Balaban J connectivity index is 1.20. The van der Waals surface area contributed by atoms with Crippen molar-refractivity contribution in [1.82, 2.24) is 5.01 Å². The summed E-state index contributed by atoms with van der Waals surface area (Å²) in [6.45, 7) is 0. The Morgan fingerprint density at radius 3 is 1.76 bits per heavy atom. The van der Waals surface area contributed by atoms with E-state index in [1.165, 1.54) is 18.3 Å². The first kappa shape index (κ1) is 21.5. The van der Waals surface area contributed by atoms with Crippen LogP contribution >= 0.6 is 0 Å². The van der Waals surface area contributed by atoms with Gasteiger partial charge in [0, 0.05) is 17.4 Å². The number of furan rings is 1. The summed E-state index contributed by atoms with van der Waals surface area (Å²) in [4.78, 5) is 38.3. The molecule has 0 spiro atoms. The van der Waals surface area contributed by atoms with Crippen LogP contribution < -0.4 is 0 Å². The second-order valence-corrected chi connectivity index (χ2v) is 9.58. The number of imide groups is 1. The molecule has 3 aromatic carbocycles. The fourth-order valence-electron chi connectivity index (χ4n) is 6.24. The van der Waals surface area contributed by atoms with Gasteiger partial charge in [0.2, 0.25) is 0 Å². The van der Waals surface area contributed by atoms with Crippen molar-refractivity contribution < 1.29 is 23.9 Å². The van der Waals surface area contributed by atoms with E-state index in [2.05, 4.69) is 29.4 Å². The fourth-order valence-corrected chi connectivity index (χ4v) is 6.24. The molecule has 180 valence electrons. The van der Waals surface area contributed by atoms with Crippen molar-refractivity contribution in [2.24, 2.45) is 16.9 Å². The van der Waals surface area contributed by atoms with Gasteiger partial charge in [0.25, 0.3) is 11.8 Å². The third-order valence-corrected chi connectivity index (χ3v) is 7.77. The number of nitrogens with zero attached hydrogens (tertiary/aromatic N) is 2. The van der Waals surface area contributed by atoms with Crippen LogP contribution in [0.1, 0.15) is 50.2 Å². The number of rotatable bonds is 4. The molecule has 4 aromatic rings. The van der Waals surface area contributed by atoms with Crippen molar-refractivity contribution in [1.29, 1.82) is 0 Å². The van der Waals surface area contributed by atoms with Gasteiger partial charge in [0.1, 0.15) is 11.5 Å². The van der Waals surface area contributed by atoms with Crippen molar-refractivity contribution >= 4 is 24.0 Å². The average molecular weight is 488 g/mol. The van der Waals surface area contributed by atoms with Gasteiger partial charge in [-0.05, 0) is 46.5 Å². The first-order valence-electron chi connectivity index (χ1n) is 12.1. The van der Waals surface area contributed by atoms with E-state index < -0.39 is 17.8 Å². The second-order valence-electron chi connectivity index (χ2n) is 9.58. The molecule has 7 nitrogen and oxygen atoms in total. The first-order valence-corrected chi connectivity index (χ1v) is 12.1. The molecule has 2 unspecified atom stereocenters. The summed E-state index contributed by atoms with van der Waals surface area (Å²) in [6, 6.07) is 25.9. The van der Waals surface area contributed by atoms with Crippen LogP contribution in [0.3, 0.4) is 0 Å². The molecule has 1 N–H and O–H groups in total. The second kappa shape index (κ2) is 7.86. The average Bonchev–Trinajstić information content (AvgIpc) is 3.50. The molecular weight excluding hydrogens is 468 g/mol. The molecule has 0 saturated carbocycles. The molecule has 1 saturated heterocycles. The summed E-state index contributed by atoms with van der Waals surface area (Å²) in [6.07, 6.45) is 1.38. The van der Waals surface area contributed by atoms with Crippen LogP contribution in [-0.2, 0) is 9.59 Å². The number of carboxylic acid groups (broad SMARTS) is 1. The molecule has 2 bridgehead atoms. The predicted molar refractivity (Wildman–Crippen MR) is 134 cm³/mol. The van der Waals surface area contributed by atoms with Crippen molar-refractivity contribution in [2.75, 3.05) is 0 Å². The van der Waals surface area contributed by atoms with Crippen molar-refractivity contribution in [3.05, 3.63) is 119 Å². The molecule has 1 fully saturated rings. The highest BCUT2D eigenvalue weighted by Crippen LogP contribution is 2.60. The molecular formula is C30H20N2O5. The number of hydrogen-bond donors (Lipinski definition) is 1. The van der Waals surface area contributed by atoms with Crippen LogP contribution in [0, 0.1) is 11.8 Å². The van der Waals surface area contributed by atoms with Gasteiger partial charge in [0.05, 0.1) is 23.6 Å². The maximum Gasteiger partial charge on any atom is 0.335 e. The van der Waals surface area contributed by atoms with Gasteiger partial charge in [-0.1, -0.05) is 60.7 Å². The minimum Gasteiger partial charge on any atom is -0.478 e. The standard InChI is InChI=1S/C30H20N2O5/c33-28-26-24-19-5-1-2-6-20(19)25(22-8-4-3-7-21(22)24)27(26)29(34)32(28)31-15-18-13-14-23(37-18)16-9-11-17(12-10-16)30(35)36/h1-15,24-27H,(H,35,36)/b31-15+. The molecule has 2 heterocycles. The Bertz CT molecular complexity index is 1520. The lowest BCUT2D eigenvalue weighted by atomic mass is 9.55. The smallest absolute Gasteiger partial charge is 0.335 e. The quantitative estimate of drug-likeness (QED) is 0.326. The third kappa shape index (κ3) is 3.07. The normalized spacial score (nSPS) is 23.3. The molecule has 2 atom stereocenters. The van der Waals surface area contributed by atoms with Crippen LogP contribution in [-0.4, -0.2) is 34.1 Å². The number of carbonyl (C=O) groups is 3. The van der Waals surface area contributed by atoms with E-state index >= 15 is 0 Å². The van der Waals surface area contributed by atoms with Crippen molar-refractivity contribution in [3.63, 3.8) is 0 Å². The van der Waals surface area contributed by atoms with E-state index in [1.54, 1.807) is 24.3 Å². The maximum atomic E-state index is 13.6. The molecule has 1 aliphatic heterocycles. The highest BCUT2D eigenvalue weighted by Gasteiger charge is 2.61. The van der Waals surface area contributed by atoms with Crippen LogP contribution in [0.15, 0.2) is 94.4 Å². The van der Waals surface area contributed by atoms with Gasteiger partial charge in [-0.25, -0.2) is 4.79 Å². The summed E-state index contributed by atoms with van der Waals surface area (Å²) < 4.78 is 5.83. The maximum absolute atomic E-state index is 13.6. The van der Waals surface area contributed by atoms with E-state index in [0.717, 1.165) is 27.3 Å². The topological polar surface area (TPSA) is 100 Å². The Kier molecular flexibility index (Phi) is 4.57. The van der Waals surface area contributed by atoms with Gasteiger partial charge in [-0.15, -0.1) is 0 Å². The fraction of sp³-hybridized carbons (Fsp3) is 0.133. The van der Waals surface area contributed by atoms with Gasteiger partial charge >= 0.3 is 5.97 Å². The van der Waals surface area contributed by atoms with Gasteiger partial charge in [0.15, 0.2) is 0 Å². The molecule has 3 aliphatic carbocycles. The summed E-state index contributed by atoms with van der Waals surface area (Å²) >= 11 is 0. The first-order chi connectivity index (χ1) is 18.0. The highest BCUT2D eigenvalue weighted by atomic mass is 16.4. The Hall–Kier alpha value is -4.78. The Labute approximate surface area is 211 Å². The van der Waals surface area contributed by atoms with Crippen LogP contribution in [0.2, 0.25) is 0 Å². The minimum absolute atomic E-state index is 0.178. The van der Waals surface area contributed by atoms with E-state index in [4.69, 9.17) is 9.52 Å². The number of hydrogen-bond acceptors (Lipinski definition) is 5. The molecule has 37 heavy (non-hydrogen) atoms. The van der Waals surface area contributed by atoms with Crippen molar-refractivity contribution in [3.8, 4) is 11.3 Å². The zero-order valence-corrected chi connectivity index (χ0v) is 19.4. The predicted octanol–water partition coefficient (Wildman–Crippen LogP) is 4.87. The number of carboxylic acids is 1. The lowest BCUT2D eigenvalue weighted by Gasteiger charge is -2.45. The van der Waals surface area contributed by atoms with E-state index in [9.17, 15) is 14.4 Å². The van der Waals surface area contributed by atoms with E-state index in [0.29, 0.717) is 17.1 Å². The molecule has 0 radical (unpaired) electrons. The SMILES string of the molecule is O=C(O)c1ccc(-c2ccc(/C=N/N3C(=O)C4C5c6ccccc6C(c6ccccc65)C4C3=O)o2)cc1. The summed E-state index contributed by atoms with van der Waals surface area (Å²) in [5.74, 6) is -2.01. The Morgan fingerprint density at radius 2 is 1.27 bits per heavy atom. The Morgan fingerprint density at radius 1 is 0.757 bits per heavy atom. The van der Waals surface area contributed by atoms with Crippen LogP contribution in [0.4, 0.5) is 0 Å². The van der Waals surface area contributed by atoms with Gasteiger partial charge < -0.3 is 9.52 Å². The third-order valence-electron chi connectivity index (χ3n) is 7.77. The number of hydrazone groups is 1. The monoisotopic (exact) mass is 488 g/mol. The zero-order chi connectivity index (χ0) is 25.3. The number of carbonyl (C=O) groups excluding carboxylic acids is 2. The molecule has 2 amide bonds. The molecule has 7 heteroatoms. The molecule has 1 aromatic heterocycles. The number of benzene rings is 3. The summed E-state index contributed by atoms with van der Waals surface area (Å²) in [5, 5.41) is 14.4. The minimum atomic E-state index is -1.00. The van der Waals surface area contributed by atoms with Crippen molar-refractivity contribution in [2.45, 2.75) is 11.8 Å². The lowest BCUT2D eigenvalue weighted by molar-refractivity contribution is -0.139. The number of aromatic carboxylic acids is 1. The lowest BCUT2D eigenvalue weighted by Crippen LogP contribution is -2.41. The highest BCUT2D eigenvalue weighted by molar-refractivity contribution is 6.08. The van der Waals surface area contributed by atoms with E-state index in [-0.39, 0.29) is 29.2 Å². The van der Waals surface area contributed by atoms with Crippen LogP contribution in [0.5, 0.6) is 0 Å². The summed E-state index contributed by atoms with van der Waals surface area (Å²) in [5.41, 5.74) is 5.35.